The fourth-order valence-electron chi connectivity index (χ4n) is 0.964. The molecule has 1 rings (SSSR count). The highest BCUT2D eigenvalue weighted by Gasteiger charge is 2.18. The fraction of sp³-hybridized carbons (Fsp3) is 0.125. The molecule has 74 valence electrons. The van der Waals surface area contributed by atoms with E-state index in [1.165, 1.54) is 12.4 Å². The first-order valence-electron chi connectivity index (χ1n) is 3.68. The lowest BCUT2D eigenvalue weighted by Crippen LogP contribution is -2.27. The minimum Gasteiger partial charge on any atom is -0.479 e. The molecule has 1 heterocycles. The minimum absolute atomic E-state index is 0.347. The normalized spacial score (nSPS) is 11.8. The molecule has 0 saturated heterocycles. The average molecular weight is 259 g/mol. The summed E-state index contributed by atoms with van der Waals surface area (Å²) in [7, 11) is 0. The van der Waals surface area contributed by atoms with Crippen molar-refractivity contribution in [2.24, 2.45) is 0 Å². The van der Waals surface area contributed by atoms with Crippen molar-refractivity contribution in [3.63, 3.8) is 0 Å². The summed E-state index contributed by atoms with van der Waals surface area (Å²) in [4.78, 5) is 24.7. The van der Waals surface area contributed by atoms with E-state index in [1.807, 2.05) is 0 Å². The van der Waals surface area contributed by atoms with Crippen LogP contribution in [0.5, 0.6) is 0 Å². The van der Waals surface area contributed by atoms with E-state index in [-0.39, 0.29) is 0 Å². The Kier molecular flexibility index (Phi) is 3.58. The number of aromatic nitrogens is 1. The zero-order valence-electron chi connectivity index (χ0n) is 6.98. The molecule has 6 heteroatoms. The number of carboxylic acids is 1. The number of rotatable bonds is 4. The molecule has 0 radical (unpaired) electrons. The van der Waals surface area contributed by atoms with Crippen molar-refractivity contribution in [1.29, 1.82) is 0 Å². The van der Waals surface area contributed by atoms with Crippen LogP contribution >= 0.6 is 15.9 Å². The molecule has 0 spiro atoms. The second kappa shape index (κ2) is 4.71. The Labute approximate surface area is 88.3 Å². The number of halogens is 1. The summed E-state index contributed by atoms with van der Waals surface area (Å²) in [6.45, 7) is 0. The summed E-state index contributed by atoms with van der Waals surface area (Å²) in [6, 6.07) is 0.528. The molecule has 5 nitrogen and oxygen atoms in total. The zero-order chi connectivity index (χ0) is 10.6. The molecule has 0 saturated carbocycles. The second-order valence-electron chi connectivity index (χ2n) is 2.49. The van der Waals surface area contributed by atoms with Crippen molar-refractivity contribution in [2.45, 2.75) is 6.04 Å². The van der Waals surface area contributed by atoms with Crippen molar-refractivity contribution >= 4 is 28.3 Å². The summed E-state index contributed by atoms with van der Waals surface area (Å²) in [6.07, 6.45) is 3.27. The van der Waals surface area contributed by atoms with Gasteiger partial charge in [0.1, 0.15) is 0 Å². The van der Waals surface area contributed by atoms with Crippen LogP contribution in [0.1, 0.15) is 11.6 Å². The fourth-order valence-corrected chi connectivity index (χ4v) is 1.35. The van der Waals surface area contributed by atoms with E-state index in [0.717, 1.165) is 0 Å². The maximum absolute atomic E-state index is 10.7. The number of carbonyl (C=O) groups is 2. The van der Waals surface area contributed by atoms with Crippen molar-refractivity contribution < 1.29 is 14.7 Å². The monoisotopic (exact) mass is 258 g/mol. The SMILES string of the molecule is O=CNC(C(=O)O)c1cncc(Br)c1. The molecule has 0 bridgehead atoms. The van der Waals surface area contributed by atoms with Gasteiger partial charge in [-0.25, -0.2) is 4.79 Å². The third kappa shape index (κ3) is 2.53. The van der Waals surface area contributed by atoms with Gasteiger partial charge in [0.05, 0.1) is 0 Å². The third-order valence-electron chi connectivity index (χ3n) is 1.54. The summed E-state index contributed by atoms with van der Waals surface area (Å²) >= 11 is 3.16. The van der Waals surface area contributed by atoms with Crippen LogP contribution in [-0.2, 0) is 9.59 Å². The van der Waals surface area contributed by atoms with Gasteiger partial charge in [-0.05, 0) is 22.0 Å². The molecule has 0 aliphatic rings. The number of amides is 1. The van der Waals surface area contributed by atoms with Crippen LogP contribution < -0.4 is 5.32 Å². The van der Waals surface area contributed by atoms with Crippen LogP contribution in [-0.4, -0.2) is 22.5 Å². The maximum atomic E-state index is 10.7. The summed E-state index contributed by atoms with van der Waals surface area (Å²) in [5.74, 6) is -1.13. The minimum atomic E-state index is -1.13. The number of carbonyl (C=O) groups excluding carboxylic acids is 1. The van der Waals surface area contributed by atoms with E-state index < -0.39 is 12.0 Å². The zero-order valence-corrected chi connectivity index (χ0v) is 8.56. The molecule has 0 fully saturated rings. The van der Waals surface area contributed by atoms with E-state index in [0.29, 0.717) is 16.4 Å². The summed E-state index contributed by atoms with van der Waals surface area (Å²) in [5, 5.41) is 11.0. The van der Waals surface area contributed by atoms with Gasteiger partial charge >= 0.3 is 5.97 Å². The molecule has 2 N–H and O–H groups in total. The lowest BCUT2D eigenvalue weighted by atomic mass is 10.1. The van der Waals surface area contributed by atoms with Crippen LogP contribution in [0.15, 0.2) is 22.9 Å². The first-order chi connectivity index (χ1) is 6.65. The molecule has 0 aromatic carbocycles. The number of nitrogens with zero attached hydrogens (tertiary/aromatic N) is 1. The molecule has 0 aliphatic carbocycles. The Hall–Kier alpha value is -1.43. The molecule has 1 amide bonds. The predicted molar refractivity (Wildman–Crippen MR) is 51.5 cm³/mol. The molecule has 0 aliphatic heterocycles. The topological polar surface area (TPSA) is 79.3 Å². The number of nitrogens with one attached hydrogen (secondary N) is 1. The lowest BCUT2D eigenvalue weighted by molar-refractivity contribution is -0.140. The number of hydrogen-bond donors (Lipinski definition) is 2. The molecular weight excluding hydrogens is 252 g/mol. The Morgan fingerprint density at radius 2 is 2.36 bits per heavy atom. The van der Waals surface area contributed by atoms with E-state index in [9.17, 15) is 9.59 Å². The van der Waals surface area contributed by atoms with Gasteiger partial charge in [-0.15, -0.1) is 0 Å². The largest absolute Gasteiger partial charge is 0.479 e. The van der Waals surface area contributed by atoms with E-state index in [2.05, 4.69) is 26.2 Å². The quantitative estimate of drug-likeness (QED) is 0.780. The Bertz CT molecular complexity index is 356. The first-order valence-corrected chi connectivity index (χ1v) is 4.47. The summed E-state index contributed by atoms with van der Waals surface area (Å²) < 4.78 is 0.661. The molecule has 1 aromatic rings. The Balaban J connectivity index is 2.98. The second-order valence-corrected chi connectivity index (χ2v) is 3.41. The summed E-state index contributed by atoms with van der Waals surface area (Å²) in [5.41, 5.74) is 0.416. The van der Waals surface area contributed by atoms with Gasteiger partial charge < -0.3 is 10.4 Å². The van der Waals surface area contributed by atoms with Gasteiger partial charge in [0, 0.05) is 22.4 Å². The Morgan fingerprint density at radius 3 is 2.86 bits per heavy atom. The van der Waals surface area contributed by atoms with Crippen molar-refractivity contribution in [3.05, 3.63) is 28.5 Å². The predicted octanol–water partition coefficient (Wildman–Crippen LogP) is 0.716. The number of aliphatic carboxylic acids is 1. The van der Waals surface area contributed by atoms with Crippen LogP contribution in [0.25, 0.3) is 0 Å². The van der Waals surface area contributed by atoms with Crippen LogP contribution in [0, 0.1) is 0 Å². The number of pyridine rings is 1. The highest BCUT2D eigenvalue weighted by molar-refractivity contribution is 9.10. The molecule has 1 unspecified atom stereocenters. The number of carboxylic acid groups (broad SMARTS) is 1. The van der Waals surface area contributed by atoms with Gasteiger partial charge in [-0.1, -0.05) is 0 Å². The van der Waals surface area contributed by atoms with Gasteiger partial charge in [0.2, 0.25) is 6.41 Å². The van der Waals surface area contributed by atoms with Crippen LogP contribution in [0.4, 0.5) is 0 Å². The van der Waals surface area contributed by atoms with E-state index >= 15 is 0 Å². The number of hydrogen-bond acceptors (Lipinski definition) is 3. The van der Waals surface area contributed by atoms with E-state index in [1.54, 1.807) is 6.07 Å². The molecule has 1 aromatic heterocycles. The Morgan fingerprint density at radius 1 is 1.64 bits per heavy atom. The first kappa shape index (κ1) is 10.6. The van der Waals surface area contributed by atoms with Gasteiger partial charge in [0.15, 0.2) is 6.04 Å². The maximum Gasteiger partial charge on any atom is 0.330 e. The van der Waals surface area contributed by atoms with Crippen LogP contribution in [0.2, 0.25) is 0 Å². The molecular formula is C8H7BrN2O3. The highest BCUT2D eigenvalue weighted by atomic mass is 79.9. The lowest BCUT2D eigenvalue weighted by Gasteiger charge is -2.10. The van der Waals surface area contributed by atoms with Gasteiger partial charge in [-0.2, -0.15) is 0 Å². The molecule has 1 atom stereocenters. The van der Waals surface area contributed by atoms with Crippen molar-refractivity contribution in [1.82, 2.24) is 10.3 Å². The smallest absolute Gasteiger partial charge is 0.330 e. The molecule has 14 heavy (non-hydrogen) atoms. The third-order valence-corrected chi connectivity index (χ3v) is 1.97. The van der Waals surface area contributed by atoms with Crippen LogP contribution in [0.3, 0.4) is 0 Å². The van der Waals surface area contributed by atoms with Gasteiger partial charge in [-0.3, -0.25) is 9.78 Å². The van der Waals surface area contributed by atoms with Gasteiger partial charge in [0.25, 0.3) is 0 Å². The van der Waals surface area contributed by atoms with E-state index in [4.69, 9.17) is 5.11 Å². The standard InChI is InChI=1S/C8H7BrN2O3/c9-6-1-5(2-10-3-6)7(8(13)14)11-4-12/h1-4,7H,(H,11,12)(H,13,14). The van der Waals surface area contributed by atoms with Crippen molar-refractivity contribution in [2.75, 3.05) is 0 Å². The highest BCUT2D eigenvalue weighted by Crippen LogP contribution is 2.16. The average Bonchev–Trinajstić information content (AvgIpc) is 2.13. The van der Waals surface area contributed by atoms with Crippen molar-refractivity contribution in [3.8, 4) is 0 Å².